The van der Waals surface area contributed by atoms with Crippen LogP contribution in [-0.2, 0) is 0 Å². The summed E-state index contributed by atoms with van der Waals surface area (Å²) in [7, 11) is 0. The molecule has 3 heteroatoms. The fourth-order valence-corrected chi connectivity index (χ4v) is 1.59. The Morgan fingerprint density at radius 1 is 1.50 bits per heavy atom. The van der Waals surface area contributed by atoms with E-state index in [4.69, 9.17) is 0 Å². The minimum atomic E-state index is 0.413. The molecular weight excluding hydrogens is 176 g/mol. The third-order valence-electron chi connectivity index (χ3n) is 2.31. The van der Waals surface area contributed by atoms with E-state index in [9.17, 15) is 4.79 Å². The maximum Gasteiger partial charge on any atom is 0.168 e. The van der Waals surface area contributed by atoms with Crippen LogP contribution in [0.25, 0.3) is 10.9 Å². The first-order valence-electron chi connectivity index (χ1n) is 4.64. The van der Waals surface area contributed by atoms with Crippen molar-refractivity contribution in [3.63, 3.8) is 0 Å². The van der Waals surface area contributed by atoms with Crippen LogP contribution < -0.4 is 0 Å². The lowest BCUT2D eigenvalue weighted by Crippen LogP contribution is -1.98. The van der Waals surface area contributed by atoms with Crippen LogP contribution in [0.1, 0.15) is 30.4 Å². The zero-order valence-electron chi connectivity index (χ0n) is 8.27. The van der Waals surface area contributed by atoms with Gasteiger partial charge < -0.3 is 4.57 Å². The highest BCUT2D eigenvalue weighted by molar-refractivity contribution is 5.85. The normalized spacial score (nSPS) is 11.1. The van der Waals surface area contributed by atoms with E-state index in [1.807, 2.05) is 12.3 Å². The maximum absolute atomic E-state index is 10.5. The molecule has 3 nitrogen and oxygen atoms in total. The van der Waals surface area contributed by atoms with Crippen LogP contribution in [0.15, 0.2) is 24.5 Å². The number of pyridine rings is 1. The molecule has 2 aromatic rings. The number of rotatable bonds is 2. The second-order valence-electron chi connectivity index (χ2n) is 3.60. The molecule has 0 unspecified atom stereocenters. The molecule has 0 aliphatic carbocycles. The van der Waals surface area contributed by atoms with E-state index >= 15 is 0 Å². The van der Waals surface area contributed by atoms with Gasteiger partial charge in [0.25, 0.3) is 0 Å². The molecule has 72 valence electrons. The Morgan fingerprint density at radius 2 is 2.29 bits per heavy atom. The maximum atomic E-state index is 10.5. The average molecular weight is 188 g/mol. The highest BCUT2D eigenvalue weighted by Gasteiger charge is 2.04. The van der Waals surface area contributed by atoms with Gasteiger partial charge in [0.05, 0.1) is 11.7 Å². The van der Waals surface area contributed by atoms with Crippen molar-refractivity contribution in [3.8, 4) is 0 Å². The first-order chi connectivity index (χ1) is 6.72. The van der Waals surface area contributed by atoms with E-state index in [-0.39, 0.29) is 0 Å². The van der Waals surface area contributed by atoms with Gasteiger partial charge in [0.1, 0.15) is 5.69 Å². The Kier molecular flexibility index (Phi) is 2.08. The fraction of sp³-hybridized carbons (Fsp3) is 0.273. The summed E-state index contributed by atoms with van der Waals surface area (Å²) in [6.45, 7) is 4.24. The van der Waals surface area contributed by atoms with Crippen molar-refractivity contribution >= 4 is 17.2 Å². The number of aldehydes is 1. The Labute approximate surface area is 82.4 Å². The number of aromatic nitrogens is 2. The van der Waals surface area contributed by atoms with Crippen LogP contribution in [0, 0.1) is 0 Å². The Morgan fingerprint density at radius 3 is 2.93 bits per heavy atom. The summed E-state index contributed by atoms with van der Waals surface area (Å²) in [5.74, 6) is 0. The van der Waals surface area contributed by atoms with Crippen molar-refractivity contribution < 1.29 is 4.79 Å². The SMILES string of the molecule is CC(C)n1ccc2cc(C=O)ncc21. The number of nitrogens with zero attached hydrogens (tertiary/aromatic N) is 2. The van der Waals surface area contributed by atoms with E-state index in [0.29, 0.717) is 11.7 Å². The van der Waals surface area contributed by atoms with Gasteiger partial charge >= 0.3 is 0 Å². The van der Waals surface area contributed by atoms with E-state index in [2.05, 4.69) is 23.4 Å². The third-order valence-corrected chi connectivity index (χ3v) is 2.31. The fourth-order valence-electron chi connectivity index (χ4n) is 1.59. The molecule has 0 amide bonds. The third kappa shape index (κ3) is 1.31. The van der Waals surface area contributed by atoms with E-state index in [1.165, 1.54) is 0 Å². The lowest BCUT2D eigenvalue weighted by Gasteiger charge is -2.08. The minimum Gasteiger partial charge on any atom is -0.344 e. The molecule has 0 saturated heterocycles. The van der Waals surface area contributed by atoms with Crippen LogP contribution in [0.5, 0.6) is 0 Å². The molecule has 0 aromatic carbocycles. The first kappa shape index (κ1) is 8.94. The molecule has 0 bridgehead atoms. The summed E-state index contributed by atoms with van der Waals surface area (Å²) >= 11 is 0. The van der Waals surface area contributed by atoms with Gasteiger partial charge in [0, 0.05) is 17.6 Å². The zero-order valence-corrected chi connectivity index (χ0v) is 8.27. The first-order valence-corrected chi connectivity index (χ1v) is 4.64. The van der Waals surface area contributed by atoms with Gasteiger partial charge in [0.2, 0.25) is 0 Å². The monoisotopic (exact) mass is 188 g/mol. The number of carbonyl (C=O) groups is 1. The summed E-state index contributed by atoms with van der Waals surface area (Å²) in [6, 6.07) is 4.22. The van der Waals surface area contributed by atoms with Gasteiger partial charge in [0.15, 0.2) is 6.29 Å². The lowest BCUT2D eigenvalue weighted by molar-refractivity contribution is 0.111. The molecule has 0 aliphatic heterocycles. The molecule has 0 saturated carbocycles. The summed E-state index contributed by atoms with van der Waals surface area (Å²) < 4.78 is 2.14. The van der Waals surface area contributed by atoms with Gasteiger partial charge in [-0.1, -0.05) is 0 Å². The second kappa shape index (κ2) is 3.25. The molecule has 2 aromatic heterocycles. The predicted molar refractivity (Wildman–Crippen MR) is 55.5 cm³/mol. The van der Waals surface area contributed by atoms with Crippen molar-refractivity contribution in [2.24, 2.45) is 0 Å². The van der Waals surface area contributed by atoms with Gasteiger partial charge in [-0.3, -0.25) is 9.78 Å². The summed E-state index contributed by atoms with van der Waals surface area (Å²) in [5.41, 5.74) is 1.56. The molecule has 0 atom stereocenters. The topological polar surface area (TPSA) is 34.9 Å². The highest BCUT2D eigenvalue weighted by atomic mass is 16.1. The quantitative estimate of drug-likeness (QED) is 0.678. The van der Waals surface area contributed by atoms with Crippen molar-refractivity contribution in [1.82, 2.24) is 9.55 Å². The Bertz CT molecular complexity index is 471. The molecule has 0 fully saturated rings. The second-order valence-corrected chi connectivity index (χ2v) is 3.60. The molecule has 0 spiro atoms. The van der Waals surface area contributed by atoms with Gasteiger partial charge in [-0.2, -0.15) is 0 Å². The molecule has 0 radical (unpaired) electrons. The van der Waals surface area contributed by atoms with Crippen LogP contribution in [0.4, 0.5) is 0 Å². The van der Waals surface area contributed by atoms with E-state index < -0.39 is 0 Å². The highest BCUT2D eigenvalue weighted by Crippen LogP contribution is 2.19. The summed E-state index contributed by atoms with van der Waals surface area (Å²) in [5, 5.41) is 1.07. The molecular formula is C11H12N2O. The lowest BCUT2D eigenvalue weighted by atomic mass is 10.2. The van der Waals surface area contributed by atoms with Crippen molar-refractivity contribution in [3.05, 3.63) is 30.2 Å². The van der Waals surface area contributed by atoms with E-state index in [0.717, 1.165) is 17.2 Å². The number of hydrogen-bond donors (Lipinski definition) is 0. The van der Waals surface area contributed by atoms with Gasteiger partial charge in [-0.25, -0.2) is 0 Å². The number of carbonyl (C=O) groups excluding carboxylic acids is 1. The molecule has 0 N–H and O–H groups in total. The van der Waals surface area contributed by atoms with Gasteiger partial charge in [-0.05, 0) is 26.0 Å². The standard InChI is InChI=1S/C11H12N2O/c1-8(2)13-4-3-9-5-10(7-14)12-6-11(9)13/h3-8H,1-2H3. The molecule has 2 rings (SSSR count). The van der Waals surface area contributed by atoms with Crippen LogP contribution >= 0.6 is 0 Å². The summed E-state index contributed by atoms with van der Waals surface area (Å²) in [4.78, 5) is 14.6. The number of fused-ring (bicyclic) bond motifs is 1. The minimum absolute atomic E-state index is 0.413. The van der Waals surface area contributed by atoms with Crippen LogP contribution in [-0.4, -0.2) is 15.8 Å². The van der Waals surface area contributed by atoms with Crippen molar-refractivity contribution in [1.29, 1.82) is 0 Å². The van der Waals surface area contributed by atoms with Crippen LogP contribution in [0.2, 0.25) is 0 Å². The molecule has 14 heavy (non-hydrogen) atoms. The van der Waals surface area contributed by atoms with Crippen molar-refractivity contribution in [2.45, 2.75) is 19.9 Å². The largest absolute Gasteiger partial charge is 0.344 e. The number of hydrogen-bond acceptors (Lipinski definition) is 2. The Balaban J connectivity index is 2.65. The van der Waals surface area contributed by atoms with Crippen molar-refractivity contribution in [2.75, 3.05) is 0 Å². The molecule has 0 aliphatic rings. The Hall–Kier alpha value is -1.64. The predicted octanol–water partition coefficient (Wildman–Crippen LogP) is 2.43. The molecule has 2 heterocycles. The average Bonchev–Trinajstić information content (AvgIpc) is 2.59. The van der Waals surface area contributed by atoms with Gasteiger partial charge in [-0.15, -0.1) is 0 Å². The van der Waals surface area contributed by atoms with Crippen LogP contribution in [0.3, 0.4) is 0 Å². The van der Waals surface area contributed by atoms with E-state index in [1.54, 1.807) is 12.3 Å². The summed E-state index contributed by atoms with van der Waals surface area (Å²) in [6.07, 6.45) is 4.54. The zero-order chi connectivity index (χ0) is 10.1. The smallest absolute Gasteiger partial charge is 0.168 e.